The van der Waals surface area contributed by atoms with E-state index in [0.29, 0.717) is 24.7 Å². The molecule has 98 valence electrons. The summed E-state index contributed by atoms with van der Waals surface area (Å²) in [6.07, 6.45) is 1.02. The zero-order valence-electron chi connectivity index (χ0n) is 10.1. The summed E-state index contributed by atoms with van der Waals surface area (Å²) in [6, 6.07) is 4.22. The SMILES string of the molecule is N=C(N)c1cc(F)ccc1COCC1CCOC1. The molecule has 1 fully saturated rings. The van der Waals surface area contributed by atoms with Gasteiger partial charge in [0.25, 0.3) is 0 Å². The van der Waals surface area contributed by atoms with Gasteiger partial charge in [-0.3, -0.25) is 5.41 Å². The summed E-state index contributed by atoms with van der Waals surface area (Å²) in [5.41, 5.74) is 6.56. The summed E-state index contributed by atoms with van der Waals surface area (Å²) in [5, 5.41) is 7.41. The monoisotopic (exact) mass is 252 g/mol. The Hall–Kier alpha value is -1.46. The van der Waals surface area contributed by atoms with Gasteiger partial charge >= 0.3 is 0 Å². The van der Waals surface area contributed by atoms with Crippen molar-refractivity contribution >= 4 is 5.84 Å². The van der Waals surface area contributed by atoms with Gasteiger partial charge in [0.1, 0.15) is 11.7 Å². The second-order valence-electron chi connectivity index (χ2n) is 4.46. The van der Waals surface area contributed by atoms with Crippen LogP contribution in [0.2, 0.25) is 0 Å². The average Bonchev–Trinajstić information content (AvgIpc) is 2.84. The third-order valence-corrected chi connectivity index (χ3v) is 3.00. The molecule has 0 aliphatic carbocycles. The summed E-state index contributed by atoms with van der Waals surface area (Å²) >= 11 is 0. The number of ether oxygens (including phenoxy) is 2. The van der Waals surface area contributed by atoms with Gasteiger partial charge in [-0.15, -0.1) is 0 Å². The molecule has 1 aromatic rings. The Morgan fingerprint density at radius 2 is 2.39 bits per heavy atom. The van der Waals surface area contributed by atoms with Gasteiger partial charge in [0, 0.05) is 18.1 Å². The van der Waals surface area contributed by atoms with E-state index < -0.39 is 5.82 Å². The third kappa shape index (κ3) is 3.27. The number of hydrogen-bond donors (Lipinski definition) is 2. The van der Waals surface area contributed by atoms with E-state index in [1.165, 1.54) is 12.1 Å². The minimum atomic E-state index is -0.395. The Morgan fingerprint density at radius 1 is 1.56 bits per heavy atom. The van der Waals surface area contributed by atoms with E-state index in [4.69, 9.17) is 20.6 Å². The lowest BCUT2D eigenvalue weighted by Crippen LogP contribution is -2.16. The minimum absolute atomic E-state index is 0.141. The highest BCUT2D eigenvalue weighted by molar-refractivity contribution is 5.96. The Morgan fingerprint density at radius 3 is 3.06 bits per heavy atom. The highest BCUT2D eigenvalue weighted by atomic mass is 19.1. The fourth-order valence-electron chi connectivity index (χ4n) is 1.98. The van der Waals surface area contributed by atoms with E-state index >= 15 is 0 Å². The first-order chi connectivity index (χ1) is 8.66. The molecule has 0 radical (unpaired) electrons. The van der Waals surface area contributed by atoms with Crippen LogP contribution in [0, 0.1) is 17.1 Å². The number of nitrogens with one attached hydrogen (secondary N) is 1. The number of nitrogens with two attached hydrogens (primary N) is 1. The van der Waals surface area contributed by atoms with E-state index in [0.717, 1.165) is 25.2 Å². The van der Waals surface area contributed by atoms with Crippen LogP contribution in [0.25, 0.3) is 0 Å². The van der Waals surface area contributed by atoms with Gasteiger partial charge < -0.3 is 15.2 Å². The van der Waals surface area contributed by atoms with Crippen LogP contribution in [0.1, 0.15) is 17.5 Å². The predicted octanol–water partition coefficient (Wildman–Crippen LogP) is 1.66. The lowest BCUT2D eigenvalue weighted by Gasteiger charge is -2.11. The molecular formula is C13H17FN2O2. The van der Waals surface area contributed by atoms with Crippen molar-refractivity contribution in [3.05, 3.63) is 35.1 Å². The van der Waals surface area contributed by atoms with Crippen LogP contribution in [0.4, 0.5) is 4.39 Å². The van der Waals surface area contributed by atoms with Crippen molar-refractivity contribution in [2.45, 2.75) is 13.0 Å². The molecule has 5 heteroatoms. The molecule has 0 amide bonds. The van der Waals surface area contributed by atoms with Gasteiger partial charge in [0.15, 0.2) is 0 Å². The predicted molar refractivity (Wildman–Crippen MR) is 66.0 cm³/mol. The molecule has 0 bridgehead atoms. The van der Waals surface area contributed by atoms with E-state index in [1.807, 2.05) is 0 Å². The molecular weight excluding hydrogens is 235 g/mol. The van der Waals surface area contributed by atoms with Crippen LogP contribution in [0.15, 0.2) is 18.2 Å². The van der Waals surface area contributed by atoms with Crippen molar-refractivity contribution in [1.29, 1.82) is 5.41 Å². The van der Waals surface area contributed by atoms with E-state index in [1.54, 1.807) is 6.07 Å². The molecule has 2 rings (SSSR count). The largest absolute Gasteiger partial charge is 0.384 e. The van der Waals surface area contributed by atoms with Crippen LogP contribution in [-0.4, -0.2) is 25.7 Å². The van der Waals surface area contributed by atoms with Gasteiger partial charge in [-0.1, -0.05) is 6.07 Å². The van der Waals surface area contributed by atoms with Crippen LogP contribution in [0.5, 0.6) is 0 Å². The number of rotatable bonds is 5. The van der Waals surface area contributed by atoms with Crippen LogP contribution in [-0.2, 0) is 16.1 Å². The smallest absolute Gasteiger partial charge is 0.123 e. The Kier molecular flexibility index (Phi) is 4.28. The summed E-state index contributed by atoms with van der Waals surface area (Å²) in [7, 11) is 0. The maximum absolute atomic E-state index is 13.1. The minimum Gasteiger partial charge on any atom is -0.384 e. The van der Waals surface area contributed by atoms with Gasteiger partial charge in [-0.2, -0.15) is 0 Å². The van der Waals surface area contributed by atoms with Gasteiger partial charge in [0.05, 0.1) is 19.8 Å². The fourth-order valence-corrected chi connectivity index (χ4v) is 1.98. The normalized spacial score (nSPS) is 19.1. The molecule has 1 aromatic carbocycles. The maximum atomic E-state index is 13.1. The standard InChI is InChI=1S/C13H17FN2O2/c14-11-2-1-10(12(5-11)13(15)16)8-18-7-9-3-4-17-6-9/h1-2,5,9H,3-4,6-8H2,(H3,15,16). The van der Waals surface area contributed by atoms with Gasteiger partial charge in [-0.25, -0.2) is 4.39 Å². The molecule has 0 aromatic heterocycles. The van der Waals surface area contributed by atoms with Crippen LogP contribution >= 0.6 is 0 Å². The molecule has 1 unspecified atom stereocenters. The summed E-state index contributed by atoms with van der Waals surface area (Å²) in [5.74, 6) is -0.100. The zero-order valence-corrected chi connectivity index (χ0v) is 10.1. The van der Waals surface area contributed by atoms with E-state index in [-0.39, 0.29) is 5.84 Å². The zero-order chi connectivity index (χ0) is 13.0. The Labute approximate surface area is 105 Å². The van der Waals surface area contributed by atoms with Crippen LogP contribution in [0.3, 0.4) is 0 Å². The maximum Gasteiger partial charge on any atom is 0.123 e. The van der Waals surface area contributed by atoms with Crippen molar-refractivity contribution in [3.63, 3.8) is 0 Å². The fraction of sp³-hybridized carbons (Fsp3) is 0.462. The molecule has 0 spiro atoms. The number of amidine groups is 1. The van der Waals surface area contributed by atoms with Crippen molar-refractivity contribution in [3.8, 4) is 0 Å². The third-order valence-electron chi connectivity index (χ3n) is 3.00. The first-order valence-electron chi connectivity index (χ1n) is 5.95. The van der Waals surface area contributed by atoms with Gasteiger partial charge in [0.2, 0.25) is 0 Å². The molecule has 1 saturated heterocycles. The van der Waals surface area contributed by atoms with Crippen molar-refractivity contribution in [2.75, 3.05) is 19.8 Å². The summed E-state index contributed by atoms with van der Waals surface area (Å²) in [4.78, 5) is 0. The van der Waals surface area contributed by atoms with E-state index in [9.17, 15) is 4.39 Å². The highest BCUT2D eigenvalue weighted by Gasteiger charge is 2.16. The number of nitrogen functional groups attached to an aromatic ring is 1. The van der Waals surface area contributed by atoms with Crippen molar-refractivity contribution in [1.82, 2.24) is 0 Å². The topological polar surface area (TPSA) is 68.3 Å². The molecule has 3 N–H and O–H groups in total. The first-order valence-corrected chi connectivity index (χ1v) is 5.95. The second kappa shape index (κ2) is 5.93. The first kappa shape index (κ1) is 13.0. The quantitative estimate of drug-likeness (QED) is 0.618. The number of hydrogen-bond acceptors (Lipinski definition) is 3. The summed E-state index contributed by atoms with van der Waals surface area (Å²) < 4.78 is 23.9. The average molecular weight is 252 g/mol. The van der Waals surface area contributed by atoms with Crippen molar-refractivity contribution < 1.29 is 13.9 Å². The molecule has 1 aliphatic rings. The highest BCUT2D eigenvalue weighted by Crippen LogP contribution is 2.15. The molecule has 1 heterocycles. The molecule has 1 atom stereocenters. The Bertz CT molecular complexity index is 431. The number of benzene rings is 1. The lowest BCUT2D eigenvalue weighted by atomic mass is 10.1. The number of halogens is 1. The summed E-state index contributed by atoms with van der Waals surface area (Å²) in [6.45, 7) is 2.49. The molecule has 0 saturated carbocycles. The Balaban J connectivity index is 1.93. The molecule has 18 heavy (non-hydrogen) atoms. The second-order valence-corrected chi connectivity index (χ2v) is 4.46. The molecule has 1 aliphatic heterocycles. The lowest BCUT2D eigenvalue weighted by molar-refractivity contribution is 0.0790. The van der Waals surface area contributed by atoms with Gasteiger partial charge in [-0.05, 0) is 24.1 Å². The molecule has 4 nitrogen and oxygen atoms in total. The van der Waals surface area contributed by atoms with Crippen molar-refractivity contribution in [2.24, 2.45) is 11.7 Å². The van der Waals surface area contributed by atoms with E-state index in [2.05, 4.69) is 0 Å². The van der Waals surface area contributed by atoms with Crippen LogP contribution < -0.4 is 5.73 Å².